The van der Waals surface area contributed by atoms with E-state index in [9.17, 15) is 8.78 Å². The molecule has 0 atom stereocenters. The monoisotopic (exact) mass is 507 g/mol. The highest BCUT2D eigenvalue weighted by molar-refractivity contribution is 14.0. The average Bonchev–Trinajstić information content (AvgIpc) is 3.04. The van der Waals surface area contributed by atoms with Crippen molar-refractivity contribution in [1.82, 2.24) is 20.2 Å². The molecular formula is C19H28F2IN5O. The molecule has 2 N–H and O–H groups in total. The normalized spacial score (nSPS) is 11.3. The second-order valence-corrected chi connectivity index (χ2v) is 6.22. The lowest BCUT2D eigenvalue weighted by Crippen LogP contribution is -2.37. The molecule has 2 rings (SSSR count). The number of rotatable bonds is 9. The summed E-state index contributed by atoms with van der Waals surface area (Å²) >= 11 is 0. The lowest BCUT2D eigenvalue weighted by molar-refractivity contribution is -0.0504. The van der Waals surface area contributed by atoms with Gasteiger partial charge in [0.15, 0.2) is 5.96 Å². The predicted octanol–water partition coefficient (Wildman–Crippen LogP) is 3.86. The fourth-order valence-electron chi connectivity index (χ4n) is 2.71. The van der Waals surface area contributed by atoms with Crippen LogP contribution >= 0.6 is 24.0 Å². The molecule has 0 aliphatic heterocycles. The molecule has 0 bridgehead atoms. The summed E-state index contributed by atoms with van der Waals surface area (Å²) in [5.41, 5.74) is 1.64. The lowest BCUT2D eigenvalue weighted by atomic mass is 10.1. The number of guanidine groups is 1. The van der Waals surface area contributed by atoms with Crippen LogP contribution in [0.25, 0.3) is 0 Å². The molecule has 28 heavy (non-hydrogen) atoms. The van der Waals surface area contributed by atoms with Crippen LogP contribution in [0.3, 0.4) is 0 Å². The number of imidazole rings is 1. The maximum atomic E-state index is 12.5. The third-order valence-corrected chi connectivity index (χ3v) is 4.14. The molecule has 2 aromatic rings. The molecule has 0 radical (unpaired) electrons. The maximum absolute atomic E-state index is 12.5. The number of hydrogen-bond donors (Lipinski definition) is 2. The van der Waals surface area contributed by atoms with E-state index in [-0.39, 0.29) is 29.7 Å². The molecule has 156 valence electrons. The largest absolute Gasteiger partial charge is 0.434 e. The molecule has 9 heteroatoms. The maximum Gasteiger partial charge on any atom is 0.387 e. The first-order valence-electron chi connectivity index (χ1n) is 8.96. The van der Waals surface area contributed by atoms with Crippen molar-refractivity contribution < 1.29 is 13.5 Å². The molecule has 0 spiro atoms. The lowest BCUT2D eigenvalue weighted by Gasteiger charge is -2.15. The molecule has 0 fully saturated rings. The van der Waals surface area contributed by atoms with Crippen molar-refractivity contribution in [2.24, 2.45) is 4.99 Å². The zero-order chi connectivity index (χ0) is 19.6. The summed E-state index contributed by atoms with van der Waals surface area (Å²) in [6, 6.07) is 5.13. The molecule has 0 unspecified atom stereocenters. The van der Waals surface area contributed by atoms with Gasteiger partial charge < -0.3 is 19.9 Å². The van der Waals surface area contributed by atoms with Gasteiger partial charge in [-0.15, -0.1) is 24.0 Å². The van der Waals surface area contributed by atoms with Crippen molar-refractivity contribution in [1.29, 1.82) is 0 Å². The Morgan fingerprint density at radius 3 is 2.68 bits per heavy atom. The zero-order valence-corrected chi connectivity index (χ0v) is 18.7. The molecule has 0 aliphatic carbocycles. The average molecular weight is 507 g/mol. The van der Waals surface area contributed by atoms with Crippen molar-refractivity contribution in [3.8, 4) is 5.75 Å². The van der Waals surface area contributed by atoms with E-state index in [2.05, 4.69) is 29.9 Å². The van der Waals surface area contributed by atoms with Crippen LogP contribution in [0.2, 0.25) is 0 Å². The Kier molecular flexibility index (Phi) is 10.8. The van der Waals surface area contributed by atoms with E-state index in [1.807, 2.05) is 26.1 Å². The highest BCUT2D eigenvalue weighted by Crippen LogP contribution is 2.21. The molecule has 6 nitrogen and oxygen atoms in total. The van der Waals surface area contributed by atoms with E-state index >= 15 is 0 Å². The van der Waals surface area contributed by atoms with Gasteiger partial charge in [-0.25, -0.2) is 4.98 Å². The van der Waals surface area contributed by atoms with Crippen LogP contribution in [0.5, 0.6) is 5.75 Å². The van der Waals surface area contributed by atoms with Gasteiger partial charge in [-0.2, -0.15) is 8.78 Å². The topological polar surface area (TPSA) is 63.5 Å². The number of benzene rings is 1. The minimum absolute atomic E-state index is 0. The summed E-state index contributed by atoms with van der Waals surface area (Å²) in [5.74, 6) is 1.81. The summed E-state index contributed by atoms with van der Waals surface area (Å²) in [7, 11) is 1.68. The summed E-state index contributed by atoms with van der Waals surface area (Å²) < 4.78 is 31.8. The highest BCUT2D eigenvalue weighted by Gasteiger charge is 2.10. The summed E-state index contributed by atoms with van der Waals surface area (Å²) in [4.78, 5) is 8.37. The van der Waals surface area contributed by atoms with Crippen LogP contribution in [0.4, 0.5) is 8.78 Å². The summed E-state index contributed by atoms with van der Waals surface area (Å²) in [5, 5.41) is 6.37. The number of aromatic nitrogens is 2. The third kappa shape index (κ3) is 7.99. The zero-order valence-electron chi connectivity index (χ0n) is 16.4. The van der Waals surface area contributed by atoms with Crippen molar-refractivity contribution in [3.63, 3.8) is 0 Å². The molecule has 0 amide bonds. The van der Waals surface area contributed by atoms with E-state index in [0.717, 1.165) is 37.3 Å². The SMILES string of the molecule is CN=C(NCCCCn1ccnc1C)NCc1cc(C)ccc1OC(F)F.I. The van der Waals surface area contributed by atoms with Gasteiger partial charge in [-0.05, 0) is 32.8 Å². The van der Waals surface area contributed by atoms with E-state index in [0.29, 0.717) is 18.1 Å². The number of halogens is 3. The van der Waals surface area contributed by atoms with E-state index < -0.39 is 6.61 Å². The number of nitrogens with one attached hydrogen (secondary N) is 2. The van der Waals surface area contributed by atoms with Gasteiger partial charge in [0.05, 0.1) is 0 Å². The summed E-state index contributed by atoms with van der Waals surface area (Å²) in [6.07, 6.45) is 5.77. The first kappa shape index (κ1) is 24.1. The number of nitrogens with zero attached hydrogens (tertiary/aromatic N) is 3. The van der Waals surface area contributed by atoms with Gasteiger partial charge in [0.25, 0.3) is 0 Å². The Morgan fingerprint density at radius 2 is 2.04 bits per heavy atom. The Morgan fingerprint density at radius 1 is 1.25 bits per heavy atom. The van der Waals surface area contributed by atoms with Crippen molar-refractivity contribution >= 4 is 29.9 Å². The molecule has 0 saturated heterocycles. The molecule has 1 aromatic heterocycles. The number of hydrogen-bond acceptors (Lipinski definition) is 3. The van der Waals surface area contributed by atoms with Gasteiger partial charge >= 0.3 is 6.61 Å². The molecule has 1 heterocycles. The number of unbranched alkanes of at least 4 members (excludes halogenated alkanes) is 1. The van der Waals surface area contributed by atoms with Crippen LogP contribution in [-0.4, -0.2) is 35.7 Å². The number of aryl methyl sites for hydroxylation is 3. The second-order valence-electron chi connectivity index (χ2n) is 6.22. The van der Waals surface area contributed by atoms with Crippen molar-refractivity contribution in [3.05, 3.63) is 47.5 Å². The minimum atomic E-state index is -2.84. The van der Waals surface area contributed by atoms with Crippen LogP contribution in [0.1, 0.15) is 29.8 Å². The molecule has 0 saturated carbocycles. The minimum Gasteiger partial charge on any atom is -0.434 e. The Bertz CT molecular complexity index is 752. The highest BCUT2D eigenvalue weighted by atomic mass is 127. The van der Waals surface area contributed by atoms with Gasteiger partial charge in [0.2, 0.25) is 0 Å². The van der Waals surface area contributed by atoms with E-state index in [1.165, 1.54) is 0 Å². The predicted molar refractivity (Wildman–Crippen MR) is 118 cm³/mol. The van der Waals surface area contributed by atoms with Crippen LogP contribution in [0, 0.1) is 13.8 Å². The fraction of sp³-hybridized carbons (Fsp3) is 0.474. The quantitative estimate of drug-likeness (QED) is 0.234. The molecule has 0 aliphatic rings. The van der Waals surface area contributed by atoms with E-state index in [4.69, 9.17) is 0 Å². The van der Waals surface area contributed by atoms with E-state index in [1.54, 1.807) is 25.4 Å². The second kappa shape index (κ2) is 12.5. The first-order valence-corrected chi connectivity index (χ1v) is 8.96. The number of ether oxygens (including phenoxy) is 1. The van der Waals surface area contributed by atoms with Crippen molar-refractivity contribution in [2.45, 2.75) is 46.4 Å². The van der Waals surface area contributed by atoms with Gasteiger partial charge in [-0.1, -0.05) is 17.7 Å². The van der Waals surface area contributed by atoms with Crippen LogP contribution in [-0.2, 0) is 13.1 Å². The molecule has 1 aromatic carbocycles. The Hall–Kier alpha value is -1.91. The van der Waals surface area contributed by atoms with Crippen LogP contribution in [0.15, 0.2) is 35.6 Å². The Labute approximate surface area is 181 Å². The first-order chi connectivity index (χ1) is 13.0. The molecular weight excluding hydrogens is 479 g/mol. The number of alkyl halides is 2. The third-order valence-electron chi connectivity index (χ3n) is 4.14. The smallest absolute Gasteiger partial charge is 0.387 e. The fourth-order valence-corrected chi connectivity index (χ4v) is 2.71. The van der Waals surface area contributed by atoms with Crippen molar-refractivity contribution in [2.75, 3.05) is 13.6 Å². The van der Waals surface area contributed by atoms with Gasteiger partial charge in [0.1, 0.15) is 11.6 Å². The number of aliphatic imine (C=N–C) groups is 1. The van der Waals surface area contributed by atoms with Gasteiger partial charge in [-0.3, -0.25) is 4.99 Å². The van der Waals surface area contributed by atoms with Gasteiger partial charge in [0, 0.05) is 44.6 Å². The summed E-state index contributed by atoms with van der Waals surface area (Å²) in [6.45, 7) is 3.09. The Balaban J connectivity index is 0.00000392. The van der Waals surface area contributed by atoms with Crippen LogP contribution < -0.4 is 15.4 Å². The standard InChI is InChI=1S/C19H27F2N5O.HI/c1-14-6-7-17(27-18(20)21)16(12-14)13-25-19(22-3)24-8-4-5-10-26-11-9-23-15(26)2;/h6-7,9,11-12,18H,4-5,8,10,13H2,1-3H3,(H2,22,24,25);1H.